The summed E-state index contributed by atoms with van der Waals surface area (Å²) < 4.78 is 48.6. The van der Waals surface area contributed by atoms with E-state index in [1.807, 2.05) is 0 Å². The summed E-state index contributed by atoms with van der Waals surface area (Å²) in [6, 6.07) is 12.5. The number of rotatable bonds is 11. The Labute approximate surface area is 218 Å². The van der Waals surface area contributed by atoms with Crippen molar-refractivity contribution in [2.45, 2.75) is 11.8 Å². The Morgan fingerprint density at radius 3 is 2.13 bits per heavy atom. The fourth-order valence-corrected chi connectivity index (χ4v) is 4.27. The van der Waals surface area contributed by atoms with Gasteiger partial charge in [0.2, 0.25) is 5.75 Å². The van der Waals surface area contributed by atoms with Gasteiger partial charge in [0, 0.05) is 24.2 Å². The number of nitro groups is 1. The molecule has 3 aromatic rings. The molecule has 0 amide bonds. The largest absolute Gasteiger partial charge is 0.497 e. The quantitative estimate of drug-likeness (QED) is 0.119. The number of nitrogens with one attached hydrogen (secondary N) is 2. The van der Waals surface area contributed by atoms with Crippen molar-refractivity contribution in [1.29, 1.82) is 0 Å². The first-order chi connectivity index (χ1) is 18.1. The molecule has 3 rings (SSSR count). The zero-order valence-corrected chi connectivity index (χ0v) is 21.6. The molecule has 0 bridgehead atoms. The molecule has 0 aromatic heterocycles. The molecule has 13 nitrogen and oxygen atoms in total. The molecule has 0 unspecified atom stereocenters. The van der Waals surface area contributed by atoms with Crippen LogP contribution in [0.2, 0.25) is 0 Å². The van der Waals surface area contributed by atoms with E-state index in [2.05, 4.69) is 15.2 Å². The van der Waals surface area contributed by atoms with Gasteiger partial charge in [0.1, 0.15) is 11.4 Å². The van der Waals surface area contributed by atoms with Crippen molar-refractivity contribution in [2.75, 3.05) is 31.5 Å². The summed E-state index contributed by atoms with van der Waals surface area (Å²) in [5.74, 6) is 0.457. The fraction of sp³-hybridized carbons (Fsp3) is 0.167. The first-order valence-electron chi connectivity index (χ1n) is 10.8. The molecule has 0 aliphatic rings. The average Bonchev–Trinajstić information content (AvgIpc) is 2.89. The molecule has 14 heteroatoms. The topological polar surface area (TPSA) is 168 Å². The number of anilines is 2. The van der Waals surface area contributed by atoms with Crippen LogP contribution in [0.1, 0.15) is 12.5 Å². The summed E-state index contributed by atoms with van der Waals surface area (Å²) in [7, 11) is 0.113. The molecule has 0 saturated carbocycles. The molecule has 0 aliphatic carbocycles. The number of hydrogen-bond acceptors (Lipinski definition) is 11. The molecule has 0 heterocycles. The molecular weight excluding hydrogens is 520 g/mol. The number of hydrogen-bond donors (Lipinski definition) is 2. The van der Waals surface area contributed by atoms with Crippen LogP contribution in [0.3, 0.4) is 0 Å². The molecule has 2 N–H and O–H groups in total. The Morgan fingerprint density at radius 2 is 1.61 bits per heavy atom. The van der Waals surface area contributed by atoms with Crippen LogP contribution in [-0.2, 0) is 14.8 Å². The van der Waals surface area contributed by atoms with E-state index in [0.29, 0.717) is 11.3 Å². The number of hydrazone groups is 1. The second-order valence-corrected chi connectivity index (χ2v) is 9.17. The van der Waals surface area contributed by atoms with Crippen LogP contribution in [0.15, 0.2) is 64.6 Å². The van der Waals surface area contributed by atoms with Crippen LogP contribution in [0, 0.1) is 10.1 Å². The van der Waals surface area contributed by atoms with E-state index in [1.165, 1.54) is 70.9 Å². The third kappa shape index (κ3) is 6.67. The van der Waals surface area contributed by atoms with Crippen molar-refractivity contribution in [3.8, 4) is 23.0 Å². The van der Waals surface area contributed by atoms with Gasteiger partial charge >= 0.3 is 5.97 Å². The van der Waals surface area contributed by atoms with Gasteiger partial charge in [0.15, 0.2) is 11.5 Å². The van der Waals surface area contributed by atoms with E-state index in [0.717, 1.165) is 6.07 Å². The van der Waals surface area contributed by atoms with Crippen molar-refractivity contribution < 1.29 is 37.1 Å². The summed E-state index contributed by atoms with van der Waals surface area (Å²) in [6.45, 7) is 1.23. The molecule has 3 aromatic carbocycles. The maximum Gasteiger partial charge on any atom is 0.308 e. The van der Waals surface area contributed by atoms with Crippen molar-refractivity contribution >= 4 is 39.3 Å². The van der Waals surface area contributed by atoms with Gasteiger partial charge in [-0.3, -0.25) is 25.1 Å². The lowest BCUT2D eigenvalue weighted by Crippen LogP contribution is -2.13. The smallest absolute Gasteiger partial charge is 0.308 e. The number of carbonyl (C=O) groups is 1. The van der Waals surface area contributed by atoms with Gasteiger partial charge < -0.3 is 18.9 Å². The van der Waals surface area contributed by atoms with Gasteiger partial charge in [-0.05, 0) is 48.5 Å². The Hall–Kier alpha value is -4.85. The predicted molar refractivity (Wildman–Crippen MR) is 139 cm³/mol. The summed E-state index contributed by atoms with van der Waals surface area (Å²) in [4.78, 5) is 22.0. The van der Waals surface area contributed by atoms with Crippen LogP contribution >= 0.6 is 0 Å². The lowest BCUT2D eigenvalue weighted by atomic mass is 10.2. The van der Waals surface area contributed by atoms with Gasteiger partial charge in [0.25, 0.3) is 15.7 Å². The predicted octanol–water partition coefficient (Wildman–Crippen LogP) is 3.79. The molecule has 38 heavy (non-hydrogen) atoms. The third-order valence-electron chi connectivity index (χ3n) is 4.95. The Bertz CT molecular complexity index is 1450. The van der Waals surface area contributed by atoms with Gasteiger partial charge in [-0.15, -0.1) is 0 Å². The Morgan fingerprint density at radius 1 is 0.974 bits per heavy atom. The van der Waals surface area contributed by atoms with Crippen LogP contribution < -0.4 is 29.1 Å². The maximum atomic E-state index is 12.8. The van der Waals surface area contributed by atoms with E-state index < -0.39 is 26.6 Å². The highest BCUT2D eigenvalue weighted by Gasteiger charge is 2.22. The van der Waals surface area contributed by atoms with E-state index in [9.17, 15) is 23.3 Å². The number of benzene rings is 3. The number of esters is 1. The number of nitrogens with zero attached hydrogens (tertiary/aromatic N) is 2. The first kappa shape index (κ1) is 27.7. The lowest BCUT2D eigenvalue weighted by Gasteiger charge is -2.13. The summed E-state index contributed by atoms with van der Waals surface area (Å²) in [6.07, 6.45) is 1.32. The monoisotopic (exact) mass is 544 g/mol. The molecule has 0 radical (unpaired) electrons. The molecule has 0 atom stereocenters. The molecule has 200 valence electrons. The third-order valence-corrected chi connectivity index (χ3v) is 6.32. The number of carbonyl (C=O) groups excluding carboxylic acids is 1. The van der Waals surface area contributed by atoms with Gasteiger partial charge in [0.05, 0.1) is 37.4 Å². The summed E-state index contributed by atoms with van der Waals surface area (Å²) in [5.41, 5.74) is 2.68. The number of methoxy groups -OCH3 is 3. The first-order valence-corrected chi connectivity index (χ1v) is 12.2. The second kappa shape index (κ2) is 11.9. The van der Waals surface area contributed by atoms with Gasteiger partial charge in [-0.25, -0.2) is 8.42 Å². The summed E-state index contributed by atoms with van der Waals surface area (Å²) in [5, 5.41) is 15.7. The SMILES string of the molecule is COc1ccc(NS(=O)(=O)c2ccc(N/N=C/c3cc(OC)c(OC(C)=O)c(OC)c3)c([N+](=O)[O-])c2)cc1. The highest BCUT2D eigenvalue weighted by Crippen LogP contribution is 2.38. The minimum Gasteiger partial charge on any atom is -0.497 e. The highest BCUT2D eigenvalue weighted by atomic mass is 32.2. The van der Waals surface area contributed by atoms with Crippen LogP contribution in [0.5, 0.6) is 23.0 Å². The molecule has 0 aliphatic heterocycles. The minimum atomic E-state index is -4.12. The molecule has 0 saturated heterocycles. The Balaban J connectivity index is 1.84. The van der Waals surface area contributed by atoms with E-state index >= 15 is 0 Å². The van der Waals surface area contributed by atoms with Crippen LogP contribution in [-0.4, -0.2) is 46.9 Å². The van der Waals surface area contributed by atoms with Gasteiger partial charge in [-0.2, -0.15) is 5.10 Å². The fourth-order valence-electron chi connectivity index (χ4n) is 3.19. The zero-order chi connectivity index (χ0) is 27.9. The zero-order valence-electron chi connectivity index (χ0n) is 20.8. The standard InChI is InChI=1S/C24H24N4O9S/c1-15(29)37-24-22(35-3)11-16(12-23(24)36-4)14-25-26-20-10-9-19(13-21(20)28(30)31)38(32,33)27-17-5-7-18(34-2)8-6-17/h5-14,26-27H,1-4H3/b25-14+. The van der Waals surface area contributed by atoms with Crippen molar-refractivity contribution in [2.24, 2.45) is 5.10 Å². The second-order valence-electron chi connectivity index (χ2n) is 7.49. The van der Waals surface area contributed by atoms with Crippen molar-refractivity contribution in [3.05, 3.63) is 70.3 Å². The molecular formula is C24H24N4O9S. The number of ether oxygens (including phenoxy) is 4. The Kier molecular flexibility index (Phi) is 8.70. The molecule has 0 fully saturated rings. The van der Waals surface area contributed by atoms with E-state index in [4.69, 9.17) is 18.9 Å². The lowest BCUT2D eigenvalue weighted by molar-refractivity contribution is -0.384. The van der Waals surface area contributed by atoms with Crippen LogP contribution in [0.4, 0.5) is 17.1 Å². The van der Waals surface area contributed by atoms with E-state index in [-0.39, 0.29) is 33.5 Å². The van der Waals surface area contributed by atoms with Crippen molar-refractivity contribution in [1.82, 2.24) is 0 Å². The van der Waals surface area contributed by atoms with Gasteiger partial charge in [-0.1, -0.05) is 0 Å². The average molecular weight is 545 g/mol. The highest BCUT2D eigenvalue weighted by molar-refractivity contribution is 7.92. The van der Waals surface area contributed by atoms with E-state index in [1.54, 1.807) is 12.1 Å². The number of sulfonamides is 1. The number of nitro benzene ring substituents is 1. The molecule has 0 spiro atoms. The minimum absolute atomic E-state index is 0.0508. The normalized spacial score (nSPS) is 11.1. The summed E-state index contributed by atoms with van der Waals surface area (Å²) >= 11 is 0. The van der Waals surface area contributed by atoms with Crippen molar-refractivity contribution in [3.63, 3.8) is 0 Å². The maximum absolute atomic E-state index is 12.8. The van der Waals surface area contributed by atoms with Crippen LogP contribution in [0.25, 0.3) is 0 Å².